The molecule has 1 rings (SSSR count). The first-order valence-corrected chi connectivity index (χ1v) is 7.24. The highest BCUT2D eigenvalue weighted by Gasteiger charge is 2.21. The van der Waals surface area contributed by atoms with Crippen molar-refractivity contribution in [3.05, 3.63) is 29.8 Å². The fraction of sp³-hybridized carbons (Fsp3) is 0.529. The maximum atomic E-state index is 11.9. The number of phenols is 1. The normalized spacial score (nSPS) is 12.8. The van der Waals surface area contributed by atoms with Crippen molar-refractivity contribution >= 4 is 11.8 Å². The molecule has 0 radical (unpaired) electrons. The van der Waals surface area contributed by atoms with Crippen molar-refractivity contribution in [2.75, 3.05) is 0 Å². The van der Waals surface area contributed by atoms with Crippen molar-refractivity contribution in [3.8, 4) is 5.75 Å². The molecule has 0 amide bonds. The monoisotopic (exact) mass is 292 g/mol. The molecule has 0 aliphatic rings. The lowest BCUT2D eigenvalue weighted by Gasteiger charge is -2.22. The van der Waals surface area contributed by atoms with Gasteiger partial charge in [0, 0.05) is 12.0 Å². The van der Waals surface area contributed by atoms with E-state index in [1.807, 2.05) is 27.7 Å². The summed E-state index contributed by atoms with van der Waals surface area (Å²) in [6.07, 6.45) is 1.65. The highest BCUT2D eigenvalue weighted by atomic mass is 16.6. The van der Waals surface area contributed by atoms with E-state index in [1.54, 1.807) is 12.1 Å². The zero-order valence-electron chi connectivity index (χ0n) is 13.2. The summed E-state index contributed by atoms with van der Waals surface area (Å²) in [5.74, 6) is -0.270. The lowest BCUT2D eigenvalue weighted by Crippen LogP contribution is -2.27. The number of carbonyl (C=O) groups excluding carboxylic acids is 2. The van der Waals surface area contributed by atoms with Crippen LogP contribution in [0.15, 0.2) is 24.3 Å². The summed E-state index contributed by atoms with van der Waals surface area (Å²) in [6, 6.07) is 6.21. The summed E-state index contributed by atoms with van der Waals surface area (Å²) in [5, 5.41) is 9.18. The molecular weight excluding hydrogens is 268 g/mol. The summed E-state index contributed by atoms with van der Waals surface area (Å²) < 4.78 is 5.30. The second kappa shape index (κ2) is 7.25. The van der Waals surface area contributed by atoms with E-state index in [1.165, 1.54) is 12.1 Å². The van der Waals surface area contributed by atoms with E-state index in [2.05, 4.69) is 0 Å². The van der Waals surface area contributed by atoms with E-state index < -0.39 is 5.60 Å². The van der Waals surface area contributed by atoms with Crippen molar-refractivity contribution in [1.29, 1.82) is 0 Å². The third kappa shape index (κ3) is 6.43. The Hall–Kier alpha value is -1.84. The number of hydrogen-bond donors (Lipinski definition) is 1. The zero-order chi connectivity index (χ0) is 16.0. The highest BCUT2D eigenvalue weighted by Crippen LogP contribution is 2.17. The van der Waals surface area contributed by atoms with Crippen molar-refractivity contribution in [1.82, 2.24) is 0 Å². The molecule has 1 atom stereocenters. The van der Waals surface area contributed by atoms with Crippen LogP contribution in [0.5, 0.6) is 5.75 Å². The quantitative estimate of drug-likeness (QED) is 0.641. The Morgan fingerprint density at radius 1 is 1.19 bits per heavy atom. The van der Waals surface area contributed by atoms with Gasteiger partial charge in [0.2, 0.25) is 0 Å². The van der Waals surface area contributed by atoms with Crippen LogP contribution in [0.2, 0.25) is 0 Å². The van der Waals surface area contributed by atoms with Gasteiger partial charge in [-0.2, -0.15) is 0 Å². The number of aromatic hydroxyl groups is 1. The molecule has 0 fully saturated rings. The molecule has 1 aromatic rings. The summed E-state index contributed by atoms with van der Waals surface area (Å²) in [6.45, 7) is 7.34. The Morgan fingerprint density at radius 2 is 1.76 bits per heavy atom. The molecule has 1 N–H and O–H groups in total. The average molecular weight is 292 g/mol. The fourth-order valence-electron chi connectivity index (χ4n) is 1.88. The minimum Gasteiger partial charge on any atom is -0.508 e. The van der Waals surface area contributed by atoms with E-state index >= 15 is 0 Å². The number of Topliss-reactive ketones (excluding diaryl/α,β-unsaturated/α-hetero) is 1. The van der Waals surface area contributed by atoms with E-state index in [9.17, 15) is 14.7 Å². The first-order chi connectivity index (χ1) is 9.69. The average Bonchev–Trinajstić information content (AvgIpc) is 2.37. The van der Waals surface area contributed by atoms with Crippen LogP contribution in [0.25, 0.3) is 0 Å². The third-order valence-electron chi connectivity index (χ3n) is 3.04. The summed E-state index contributed by atoms with van der Waals surface area (Å²) in [4.78, 5) is 23.7. The van der Waals surface area contributed by atoms with Gasteiger partial charge in [0.15, 0.2) is 5.78 Å². The van der Waals surface area contributed by atoms with Crippen LogP contribution in [-0.2, 0) is 9.53 Å². The van der Waals surface area contributed by atoms with Gasteiger partial charge in [-0.15, -0.1) is 0 Å². The van der Waals surface area contributed by atoms with Crippen LogP contribution < -0.4 is 0 Å². The van der Waals surface area contributed by atoms with Crippen molar-refractivity contribution in [2.45, 2.75) is 52.6 Å². The number of phenolic OH excluding ortho intramolecular Hbond substituents is 1. The molecule has 1 unspecified atom stereocenters. The molecule has 21 heavy (non-hydrogen) atoms. The van der Waals surface area contributed by atoms with Crippen LogP contribution in [0.4, 0.5) is 0 Å². The van der Waals surface area contributed by atoms with Gasteiger partial charge >= 0.3 is 5.97 Å². The van der Waals surface area contributed by atoms with Gasteiger partial charge in [-0.25, -0.2) is 0 Å². The Kier molecular flexibility index (Phi) is 5.94. The topological polar surface area (TPSA) is 63.6 Å². The Labute approximate surface area is 126 Å². The van der Waals surface area contributed by atoms with Gasteiger partial charge < -0.3 is 9.84 Å². The molecule has 0 aromatic heterocycles. The van der Waals surface area contributed by atoms with Gasteiger partial charge in [0.1, 0.15) is 11.4 Å². The second-order valence-electron chi connectivity index (χ2n) is 6.30. The molecular formula is C17H24O4. The van der Waals surface area contributed by atoms with Crippen molar-refractivity contribution in [3.63, 3.8) is 0 Å². The standard InChI is InChI=1S/C17H24O4/c1-12(16(20)21-17(2,3)4)6-5-7-15(19)13-8-10-14(18)11-9-13/h8-12,18H,5-7H2,1-4H3. The third-order valence-corrected chi connectivity index (χ3v) is 3.04. The lowest BCUT2D eigenvalue weighted by molar-refractivity contribution is -0.159. The Morgan fingerprint density at radius 3 is 2.29 bits per heavy atom. The van der Waals surface area contributed by atoms with E-state index in [0.717, 1.165) is 0 Å². The first-order valence-electron chi connectivity index (χ1n) is 7.24. The molecule has 0 saturated heterocycles. The summed E-state index contributed by atoms with van der Waals surface area (Å²) in [7, 11) is 0. The predicted molar refractivity (Wildman–Crippen MR) is 81.3 cm³/mol. The highest BCUT2D eigenvalue weighted by molar-refractivity contribution is 5.96. The van der Waals surface area contributed by atoms with Crippen LogP contribution >= 0.6 is 0 Å². The molecule has 0 spiro atoms. The minimum atomic E-state index is -0.479. The zero-order valence-corrected chi connectivity index (χ0v) is 13.2. The van der Waals surface area contributed by atoms with Gasteiger partial charge in [-0.1, -0.05) is 6.92 Å². The Bertz CT molecular complexity index is 483. The number of carbonyl (C=O) groups is 2. The number of ether oxygens (including phenoxy) is 1. The molecule has 0 bridgehead atoms. The summed E-state index contributed by atoms with van der Waals surface area (Å²) >= 11 is 0. The lowest BCUT2D eigenvalue weighted by atomic mass is 10.00. The number of rotatable bonds is 6. The molecule has 0 aliphatic carbocycles. The SMILES string of the molecule is CC(CCCC(=O)c1ccc(O)cc1)C(=O)OC(C)(C)C. The smallest absolute Gasteiger partial charge is 0.309 e. The molecule has 1 aromatic carbocycles. The molecule has 0 aliphatic heterocycles. The van der Waals surface area contributed by atoms with Gasteiger partial charge in [-0.3, -0.25) is 9.59 Å². The van der Waals surface area contributed by atoms with Gasteiger partial charge in [0.25, 0.3) is 0 Å². The second-order valence-corrected chi connectivity index (χ2v) is 6.30. The van der Waals surface area contributed by atoms with Gasteiger partial charge in [-0.05, 0) is 57.9 Å². The first kappa shape index (κ1) is 17.2. The number of benzene rings is 1. The van der Waals surface area contributed by atoms with Crippen LogP contribution in [0.1, 0.15) is 57.3 Å². The molecule has 0 heterocycles. The number of esters is 1. The van der Waals surface area contributed by atoms with E-state index in [-0.39, 0.29) is 23.4 Å². The number of ketones is 1. The number of hydrogen-bond acceptors (Lipinski definition) is 4. The van der Waals surface area contributed by atoms with E-state index in [4.69, 9.17) is 4.74 Å². The predicted octanol–water partition coefficient (Wildman–Crippen LogP) is 3.72. The fourth-order valence-corrected chi connectivity index (χ4v) is 1.88. The summed E-state index contributed by atoms with van der Waals surface area (Å²) in [5.41, 5.74) is 0.102. The van der Waals surface area contributed by atoms with Crippen molar-refractivity contribution in [2.24, 2.45) is 5.92 Å². The van der Waals surface area contributed by atoms with Crippen LogP contribution in [-0.4, -0.2) is 22.5 Å². The minimum absolute atomic E-state index is 0.0198. The van der Waals surface area contributed by atoms with Crippen LogP contribution in [0.3, 0.4) is 0 Å². The molecule has 116 valence electrons. The molecule has 4 nitrogen and oxygen atoms in total. The van der Waals surface area contributed by atoms with E-state index in [0.29, 0.717) is 24.8 Å². The molecule has 0 saturated carbocycles. The van der Waals surface area contributed by atoms with Gasteiger partial charge in [0.05, 0.1) is 5.92 Å². The Balaban J connectivity index is 2.37. The van der Waals surface area contributed by atoms with Crippen LogP contribution in [0, 0.1) is 5.92 Å². The maximum absolute atomic E-state index is 11.9. The van der Waals surface area contributed by atoms with Crippen molar-refractivity contribution < 1.29 is 19.4 Å². The molecule has 4 heteroatoms. The maximum Gasteiger partial charge on any atom is 0.309 e. The largest absolute Gasteiger partial charge is 0.508 e.